The van der Waals surface area contributed by atoms with Crippen LogP contribution in [0.4, 0.5) is 13.2 Å². The Balaban J connectivity index is 2.33. The van der Waals surface area contributed by atoms with Gasteiger partial charge in [0.05, 0.1) is 0 Å². The van der Waals surface area contributed by atoms with Gasteiger partial charge in [-0.25, -0.2) is 13.2 Å². The quantitative estimate of drug-likeness (QED) is 0.633. The fourth-order valence-electron chi connectivity index (χ4n) is 2.24. The third-order valence-electron chi connectivity index (χ3n) is 3.36. The van der Waals surface area contributed by atoms with E-state index in [1.54, 1.807) is 12.1 Å². The van der Waals surface area contributed by atoms with Crippen molar-refractivity contribution in [3.63, 3.8) is 0 Å². The standard InChI is InChI=1S/C17H17F3/c1-2-3-4-8-14-16(19)10-12(11-17(14)20)13-7-5-6-9-15(13)18/h5-7,9-11H,2-4,8H2,1H3. The lowest BCUT2D eigenvalue weighted by atomic mass is 9.99. The molecular formula is C17H17F3. The third-order valence-corrected chi connectivity index (χ3v) is 3.36. The zero-order valence-corrected chi connectivity index (χ0v) is 11.4. The summed E-state index contributed by atoms with van der Waals surface area (Å²) in [6.07, 6.45) is 3.07. The van der Waals surface area contributed by atoms with E-state index in [0.717, 1.165) is 19.3 Å². The Morgan fingerprint density at radius 1 is 0.850 bits per heavy atom. The normalized spacial score (nSPS) is 10.8. The highest BCUT2D eigenvalue weighted by Gasteiger charge is 2.13. The highest BCUT2D eigenvalue weighted by molar-refractivity contribution is 5.64. The summed E-state index contributed by atoms with van der Waals surface area (Å²) in [6, 6.07) is 8.40. The van der Waals surface area contributed by atoms with E-state index in [9.17, 15) is 13.2 Å². The summed E-state index contributed by atoms with van der Waals surface area (Å²) in [5.74, 6) is -1.68. The smallest absolute Gasteiger partial charge is 0.131 e. The molecular weight excluding hydrogens is 261 g/mol. The molecule has 0 fully saturated rings. The van der Waals surface area contributed by atoms with Gasteiger partial charge in [0.1, 0.15) is 17.5 Å². The Morgan fingerprint density at radius 3 is 2.10 bits per heavy atom. The molecule has 3 heteroatoms. The molecule has 2 rings (SSSR count). The minimum absolute atomic E-state index is 0.0959. The van der Waals surface area contributed by atoms with E-state index in [0.29, 0.717) is 6.42 Å². The lowest BCUT2D eigenvalue weighted by Crippen LogP contribution is -1.98. The molecule has 0 spiro atoms. The van der Waals surface area contributed by atoms with E-state index in [2.05, 4.69) is 0 Å². The summed E-state index contributed by atoms with van der Waals surface area (Å²) in [6.45, 7) is 2.04. The molecule has 0 aliphatic rings. The fraction of sp³-hybridized carbons (Fsp3) is 0.294. The van der Waals surface area contributed by atoms with E-state index < -0.39 is 17.5 Å². The topological polar surface area (TPSA) is 0 Å². The van der Waals surface area contributed by atoms with Gasteiger partial charge in [0.15, 0.2) is 0 Å². The molecule has 0 aromatic heterocycles. The second kappa shape index (κ2) is 6.60. The first-order valence-corrected chi connectivity index (χ1v) is 6.86. The molecule has 0 N–H and O–H groups in total. The summed E-state index contributed by atoms with van der Waals surface area (Å²) in [4.78, 5) is 0. The van der Waals surface area contributed by atoms with Gasteiger partial charge in [-0.1, -0.05) is 38.0 Å². The van der Waals surface area contributed by atoms with Gasteiger partial charge in [0.25, 0.3) is 0 Å². The Kier molecular flexibility index (Phi) is 4.83. The van der Waals surface area contributed by atoms with Crippen LogP contribution in [-0.2, 0) is 6.42 Å². The highest BCUT2D eigenvalue weighted by Crippen LogP contribution is 2.27. The molecule has 0 heterocycles. The molecule has 0 aliphatic carbocycles. The summed E-state index contributed by atoms with van der Waals surface area (Å²) in [5, 5.41) is 0. The second-order valence-electron chi connectivity index (χ2n) is 4.86. The van der Waals surface area contributed by atoms with E-state index >= 15 is 0 Å². The van der Waals surface area contributed by atoms with Crippen molar-refractivity contribution >= 4 is 0 Å². The van der Waals surface area contributed by atoms with Gasteiger partial charge >= 0.3 is 0 Å². The van der Waals surface area contributed by atoms with Crippen LogP contribution >= 0.6 is 0 Å². The molecule has 0 radical (unpaired) electrons. The molecule has 0 saturated carbocycles. The van der Waals surface area contributed by atoms with Gasteiger partial charge in [0.2, 0.25) is 0 Å². The monoisotopic (exact) mass is 278 g/mol. The fourth-order valence-corrected chi connectivity index (χ4v) is 2.24. The van der Waals surface area contributed by atoms with Crippen LogP contribution in [-0.4, -0.2) is 0 Å². The maximum Gasteiger partial charge on any atom is 0.131 e. The second-order valence-corrected chi connectivity index (χ2v) is 4.86. The van der Waals surface area contributed by atoms with E-state index in [4.69, 9.17) is 0 Å². The first-order chi connectivity index (χ1) is 9.63. The zero-order valence-electron chi connectivity index (χ0n) is 11.4. The minimum Gasteiger partial charge on any atom is -0.207 e. The third kappa shape index (κ3) is 3.21. The zero-order chi connectivity index (χ0) is 14.5. The largest absolute Gasteiger partial charge is 0.207 e. The van der Waals surface area contributed by atoms with Crippen LogP contribution in [0.1, 0.15) is 31.7 Å². The first-order valence-electron chi connectivity index (χ1n) is 6.86. The van der Waals surface area contributed by atoms with Crippen molar-refractivity contribution in [1.29, 1.82) is 0 Å². The first kappa shape index (κ1) is 14.6. The summed E-state index contributed by atoms with van der Waals surface area (Å²) < 4.78 is 41.6. The number of halogens is 3. The molecule has 0 nitrogen and oxygen atoms in total. The van der Waals surface area contributed by atoms with E-state index in [-0.39, 0.29) is 16.7 Å². The molecule has 0 unspecified atom stereocenters. The van der Waals surface area contributed by atoms with Crippen molar-refractivity contribution in [2.24, 2.45) is 0 Å². The number of benzene rings is 2. The van der Waals surface area contributed by atoms with Gasteiger partial charge in [-0.2, -0.15) is 0 Å². The van der Waals surface area contributed by atoms with Crippen molar-refractivity contribution in [1.82, 2.24) is 0 Å². The average Bonchev–Trinajstić information content (AvgIpc) is 2.42. The van der Waals surface area contributed by atoms with Crippen molar-refractivity contribution in [3.8, 4) is 11.1 Å². The lowest BCUT2D eigenvalue weighted by molar-refractivity contribution is 0.546. The van der Waals surface area contributed by atoms with Crippen molar-refractivity contribution in [3.05, 3.63) is 59.4 Å². The summed E-state index contributed by atoms with van der Waals surface area (Å²) in [7, 11) is 0. The predicted molar refractivity (Wildman–Crippen MR) is 75.0 cm³/mol. The van der Waals surface area contributed by atoms with Crippen molar-refractivity contribution in [2.75, 3.05) is 0 Å². The molecule has 2 aromatic carbocycles. The van der Waals surface area contributed by atoms with Gasteiger partial charge in [-0.15, -0.1) is 0 Å². The number of hydrogen-bond donors (Lipinski definition) is 0. The minimum atomic E-state index is -0.598. The molecule has 0 aliphatic heterocycles. The van der Waals surface area contributed by atoms with Gasteiger partial charge in [-0.05, 0) is 36.6 Å². The molecule has 106 valence electrons. The van der Waals surface area contributed by atoms with Crippen LogP contribution in [0, 0.1) is 17.5 Å². The van der Waals surface area contributed by atoms with Crippen LogP contribution < -0.4 is 0 Å². The summed E-state index contributed by atoms with van der Waals surface area (Å²) >= 11 is 0. The number of rotatable bonds is 5. The van der Waals surface area contributed by atoms with Gasteiger partial charge in [0, 0.05) is 11.1 Å². The van der Waals surface area contributed by atoms with Crippen LogP contribution in [0.15, 0.2) is 36.4 Å². The highest BCUT2D eigenvalue weighted by atomic mass is 19.1. The lowest BCUT2D eigenvalue weighted by Gasteiger charge is -2.09. The average molecular weight is 278 g/mol. The SMILES string of the molecule is CCCCCc1c(F)cc(-c2ccccc2F)cc1F. The molecule has 0 atom stereocenters. The Labute approximate surface area is 117 Å². The van der Waals surface area contributed by atoms with Gasteiger partial charge in [-0.3, -0.25) is 0 Å². The molecule has 0 saturated heterocycles. The van der Waals surface area contributed by atoms with Crippen LogP contribution in [0.25, 0.3) is 11.1 Å². The van der Waals surface area contributed by atoms with E-state index in [1.807, 2.05) is 6.92 Å². The van der Waals surface area contributed by atoms with Crippen LogP contribution in [0.5, 0.6) is 0 Å². The molecule has 0 amide bonds. The molecule has 2 aromatic rings. The summed E-state index contributed by atoms with van der Waals surface area (Å²) in [5.41, 5.74) is 0.543. The Bertz CT molecular complexity index is 568. The van der Waals surface area contributed by atoms with Crippen molar-refractivity contribution in [2.45, 2.75) is 32.6 Å². The Hall–Kier alpha value is -1.77. The van der Waals surface area contributed by atoms with Crippen LogP contribution in [0.2, 0.25) is 0 Å². The maximum atomic E-state index is 14.0. The van der Waals surface area contributed by atoms with Crippen LogP contribution in [0.3, 0.4) is 0 Å². The number of unbranched alkanes of at least 4 members (excludes halogenated alkanes) is 2. The predicted octanol–water partition coefficient (Wildman–Crippen LogP) is 5.50. The molecule has 0 bridgehead atoms. The van der Waals surface area contributed by atoms with Gasteiger partial charge < -0.3 is 0 Å². The Morgan fingerprint density at radius 2 is 1.50 bits per heavy atom. The van der Waals surface area contributed by atoms with Crippen molar-refractivity contribution < 1.29 is 13.2 Å². The molecule has 20 heavy (non-hydrogen) atoms. The number of hydrogen-bond acceptors (Lipinski definition) is 0. The van der Waals surface area contributed by atoms with E-state index in [1.165, 1.54) is 24.3 Å². The maximum absolute atomic E-state index is 14.0.